The fraction of sp³-hybridized carbons (Fsp3) is 0.833. The van der Waals surface area contributed by atoms with Crippen molar-refractivity contribution in [3.05, 3.63) is 0 Å². The van der Waals surface area contributed by atoms with Crippen LogP contribution in [0.25, 0.3) is 0 Å². The van der Waals surface area contributed by atoms with Gasteiger partial charge < -0.3 is 5.11 Å². The molecule has 0 radical (unpaired) electrons. The molecule has 0 atom stereocenters. The summed E-state index contributed by atoms with van der Waals surface area (Å²) in [6.07, 6.45) is 2.47. The number of carboxylic acids is 1. The molecular formula is C6H13NO4. The number of aliphatic carboxylic acids is 1. The quantitative estimate of drug-likeness (QED) is 0.323. The summed E-state index contributed by atoms with van der Waals surface area (Å²) in [7, 11) is 0. The minimum absolute atomic E-state index is 0.212. The molecule has 0 aliphatic carbocycles. The van der Waals surface area contributed by atoms with Crippen LogP contribution in [0, 0.1) is 0 Å². The Hall–Kier alpha value is -0.650. The first-order chi connectivity index (χ1) is 5.27. The van der Waals surface area contributed by atoms with E-state index in [0.717, 1.165) is 12.8 Å². The molecule has 5 heteroatoms. The summed E-state index contributed by atoms with van der Waals surface area (Å²) in [5.41, 5.74) is 0. The number of carbonyl (C=O) groups is 1. The number of hydrogen-bond acceptors (Lipinski definition) is 4. The van der Waals surface area contributed by atoms with E-state index in [1.807, 2.05) is 0 Å². The second-order valence-corrected chi connectivity index (χ2v) is 2.12. The molecule has 0 rings (SSSR count). The van der Waals surface area contributed by atoms with Gasteiger partial charge in [0.25, 0.3) is 0 Å². The van der Waals surface area contributed by atoms with Crippen LogP contribution in [0.4, 0.5) is 0 Å². The minimum Gasteiger partial charge on any atom is -0.481 e. The van der Waals surface area contributed by atoms with E-state index in [0.29, 0.717) is 13.0 Å². The van der Waals surface area contributed by atoms with Crippen molar-refractivity contribution in [2.24, 2.45) is 5.90 Å². The maximum absolute atomic E-state index is 10.0. The van der Waals surface area contributed by atoms with Crippen LogP contribution in [0.1, 0.15) is 25.7 Å². The Kier molecular flexibility index (Phi) is 7.02. The highest BCUT2D eigenvalue weighted by Crippen LogP contribution is 1.99. The maximum Gasteiger partial charge on any atom is 0.303 e. The van der Waals surface area contributed by atoms with Gasteiger partial charge in [-0.1, -0.05) is 6.42 Å². The molecule has 11 heavy (non-hydrogen) atoms. The second kappa shape index (κ2) is 7.46. The number of unbranched alkanes of at least 4 members (excludes halogenated alkanes) is 2. The largest absolute Gasteiger partial charge is 0.481 e. The predicted molar refractivity (Wildman–Crippen MR) is 37.3 cm³/mol. The van der Waals surface area contributed by atoms with Crippen molar-refractivity contribution < 1.29 is 19.8 Å². The molecule has 66 valence electrons. The molecule has 0 saturated heterocycles. The zero-order chi connectivity index (χ0) is 8.53. The van der Waals surface area contributed by atoms with Gasteiger partial charge in [-0.3, -0.25) is 4.79 Å². The van der Waals surface area contributed by atoms with Crippen molar-refractivity contribution in [2.45, 2.75) is 25.7 Å². The van der Waals surface area contributed by atoms with Gasteiger partial charge in [-0.2, -0.15) is 5.90 Å². The Balaban J connectivity index is 2.85. The summed E-state index contributed by atoms with van der Waals surface area (Å²) >= 11 is 0. The summed E-state index contributed by atoms with van der Waals surface area (Å²) in [6.45, 7) is 0.413. The zero-order valence-corrected chi connectivity index (χ0v) is 6.28. The smallest absolute Gasteiger partial charge is 0.303 e. The number of nitrogens with two attached hydrogens (primary N) is 1. The van der Waals surface area contributed by atoms with Crippen LogP contribution in [0.2, 0.25) is 0 Å². The van der Waals surface area contributed by atoms with E-state index in [2.05, 4.69) is 15.8 Å². The van der Waals surface area contributed by atoms with E-state index in [4.69, 9.17) is 5.11 Å². The van der Waals surface area contributed by atoms with Crippen molar-refractivity contribution in [3.8, 4) is 0 Å². The van der Waals surface area contributed by atoms with Crippen LogP contribution in [0.15, 0.2) is 0 Å². The maximum atomic E-state index is 10.0. The molecule has 0 aliphatic rings. The normalized spacial score (nSPS) is 9.91. The molecule has 0 aliphatic heterocycles. The molecule has 0 bridgehead atoms. The minimum atomic E-state index is -0.763. The van der Waals surface area contributed by atoms with Gasteiger partial charge in [0.15, 0.2) is 0 Å². The second-order valence-electron chi connectivity index (χ2n) is 2.12. The number of carboxylic acid groups (broad SMARTS) is 1. The predicted octanol–water partition coefficient (Wildman–Crippen LogP) is 0.453. The number of hydrogen-bond donors (Lipinski definition) is 2. The van der Waals surface area contributed by atoms with Gasteiger partial charge >= 0.3 is 5.97 Å². The zero-order valence-electron chi connectivity index (χ0n) is 6.28. The lowest BCUT2D eigenvalue weighted by Gasteiger charge is -1.97. The first-order valence-corrected chi connectivity index (χ1v) is 3.47. The summed E-state index contributed by atoms with van der Waals surface area (Å²) in [4.78, 5) is 18.2. The van der Waals surface area contributed by atoms with Gasteiger partial charge in [-0.05, 0) is 12.8 Å². The van der Waals surface area contributed by atoms with Gasteiger partial charge in [0.05, 0.1) is 6.61 Å². The van der Waals surface area contributed by atoms with Crippen LogP contribution in [0.3, 0.4) is 0 Å². The standard InChI is InChI=1S/C6H13NO4/c7-11-10-5-3-1-2-4-6(8)9/h1-5,7H2,(H,8,9). The van der Waals surface area contributed by atoms with Crippen molar-refractivity contribution in [2.75, 3.05) is 6.61 Å². The highest BCUT2D eigenvalue weighted by molar-refractivity contribution is 5.66. The molecule has 0 unspecified atom stereocenters. The molecule has 0 aromatic heterocycles. The summed E-state index contributed by atoms with van der Waals surface area (Å²) in [6, 6.07) is 0. The monoisotopic (exact) mass is 163 g/mol. The molecule has 3 N–H and O–H groups in total. The van der Waals surface area contributed by atoms with Gasteiger partial charge in [0.1, 0.15) is 0 Å². The summed E-state index contributed by atoms with van der Waals surface area (Å²) < 4.78 is 0. The molecule has 0 spiro atoms. The average molecular weight is 163 g/mol. The average Bonchev–Trinajstić information content (AvgIpc) is 1.96. The van der Waals surface area contributed by atoms with Crippen molar-refractivity contribution in [1.82, 2.24) is 0 Å². The molecule has 0 heterocycles. The van der Waals surface area contributed by atoms with E-state index in [9.17, 15) is 4.79 Å². The molecule has 0 amide bonds. The highest BCUT2D eigenvalue weighted by atomic mass is 17.3. The van der Waals surface area contributed by atoms with Gasteiger partial charge in [-0.25, -0.2) is 4.89 Å². The van der Waals surface area contributed by atoms with E-state index in [1.165, 1.54) is 0 Å². The van der Waals surface area contributed by atoms with Gasteiger partial charge in [-0.15, -0.1) is 4.99 Å². The first-order valence-electron chi connectivity index (χ1n) is 3.47. The lowest BCUT2D eigenvalue weighted by molar-refractivity contribution is -0.299. The molecular weight excluding hydrogens is 150 g/mol. The van der Waals surface area contributed by atoms with Crippen LogP contribution >= 0.6 is 0 Å². The van der Waals surface area contributed by atoms with Crippen LogP contribution in [-0.2, 0) is 14.7 Å². The van der Waals surface area contributed by atoms with E-state index < -0.39 is 5.97 Å². The Labute approximate surface area is 65.0 Å². The fourth-order valence-electron chi connectivity index (χ4n) is 0.662. The Morgan fingerprint density at radius 2 is 2.09 bits per heavy atom. The van der Waals surface area contributed by atoms with E-state index in [-0.39, 0.29) is 6.42 Å². The molecule has 0 aromatic carbocycles. The third kappa shape index (κ3) is 9.35. The molecule has 0 aromatic rings. The number of rotatable bonds is 7. The fourth-order valence-corrected chi connectivity index (χ4v) is 0.662. The first kappa shape index (κ1) is 10.3. The Morgan fingerprint density at radius 3 is 2.64 bits per heavy atom. The van der Waals surface area contributed by atoms with Crippen molar-refractivity contribution in [3.63, 3.8) is 0 Å². The molecule has 5 nitrogen and oxygen atoms in total. The van der Waals surface area contributed by atoms with Crippen LogP contribution in [-0.4, -0.2) is 17.7 Å². The van der Waals surface area contributed by atoms with E-state index in [1.54, 1.807) is 0 Å². The third-order valence-electron chi connectivity index (χ3n) is 1.19. The SMILES string of the molecule is NOOCCCCCC(=O)O. The topological polar surface area (TPSA) is 81.8 Å². The van der Waals surface area contributed by atoms with E-state index >= 15 is 0 Å². The summed E-state index contributed by atoms with van der Waals surface area (Å²) in [5.74, 6) is 3.81. The lowest BCUT2D eigenvalue weighted by Crippen LogP contribution is -2.02. The third-order valence-corrected chi connectivity index (χ3v) is 1.19. The lowest BCUT2D eigenvalue weighted by atomic mass is 10.2. The van der Waals surface area contributed by atoms with Crippen LogP contribution < -0.4 is 5.90 Å². The van der Waals surface area contributed by atoms with Crippen molar-refractivity contribution >= 4 is 5.97 Å². The van der Waals surface area contributed by atoms with Gasteiger partial charge in [0, 0.05) is 6.42 Å². The summed E-state index contributed by atoms with van der Waals surface area (Å²) in [5, 5.41) is 8.24. The van der Waals surface area contributed by atoms with Gasteiger partial charge in [0.2, 0.25) is 0 Å². The van der Waals surface area contributed by atoms with Crippen molar-refractivity contribution in [1.29, 1.82) is 0 Å². The Morgan fingerprint density at radius 1 is 1.36 bits per heavy atom. The van der Waals surface area contributed by atoms with Crippen LogP contribution in [0.5, 0.6) is 0 Å². The Bertz CT molecular complexity index is 107. The highest BCUT2D eigenvalue weighted by Gasteiger charge is 1.95. The molecule has 0 fully saturated rings. The molecule has 0 saturated carbocycles.